The number of aliphatic hydroxyl groups is 1. The molecule has 6 nitrogen and oxygen atoms in total. The molecule has 0 bridgehead atoms. The summed E-state index contributed by atoms with van der Waals surface area (Å²) >= 11 is 0. The molecule has 0 saturated carbocycles. The molecule has 0 radical (unpaired) electrons. The number of unbranched alkanes of at least 4 members (excludes halogenated alkanes) is 3. The van der Waals surface area contributed by atoms with E-state index in [0.29, 0.717) is 32.2 Å². The summed E-state index contributed by atoms with van der Waals surface area (Å²) in [5.41, 5.74) is 2.94. The lowest BCUT2D eigenvalue weighted by Crippen LogP contribution is -2.28. The number of aliphatic hydroxyl groups excluding tert-OH is 1. The molecule has 1 atom stereocenters. The van der Waals surface area contributed by atoms with Crippen LogP contribution in [0.2, 0.25) is 0 Å². The Hall–Kier alpha value is -2.22. The quantitative estimate of drug-likeness (QED) is 0.360. The van der Waals surface area contributed by atoms with Gasteiger partial charge in [0.05, 0.1) is 11.9 Å². The van der Waals surface area contributed by atoms with Crippen LogP contribution in [0.25, 0.3) is 0 Å². The van der Waals surface area contributed by atoms with E-state index in [0.717, 1.165) is 30.4 Å². The van der Waals surface area contributed by atoms with Gasteiger partial charge in [-0.05, 0) is 48.8 Å². The summed E-state index contributed by atoms with van der Waals surface area (Å²) < 4.78 is 26.9. The van der Waals surface area contributed by atoms with Gasteiger partial charge in [0.25, 0.3) is 0 Å². The highest BCUT2D eigenvalue weighted by atomic mass is 32.2. The minimum atomic E-state index is -3.35. The maximum absolute atomic E-state index is 12.1. The molecule has 2 aromatic rings. The van der Waals surface area contributed by atoms with Crippen molar-refractivity contribution in [1.82, 2.24) is 4.72 Å². The monoisotopic (exact) mass is 447 g/mol. The fourth-order valence-corrected chi connectivity index (χ4v) is 4.43. The van der Waals surface area contributed by atoms with Crippen molar-refractivity contribution in [2.24, 2.45) is 0 Å². The molecule has 170 valence electrons. The first-order chi connectivity index (χ1) is 14.9. The topological polar surface area (TPSA) is 104 Å². The minimum absolute atomic E-state index is 0.0158. The third-order valence-corrected chi connectivity index (χ3v) is 6.60. The minimum Gasteiger partial charge on any atom is -0.481 e. The van der Waals surface area contributed by atoms with E-state index in [9.17, 15) is 18.3 Å². The number of aliphatic carboxylic acids is 1. The number of nitrogens with one attached hydrogen (secondary N) is 1. The molecule has 0 amide bonds. The number of rotatable bonds is 15. The largest absolute Gasteiger partial charge is 0.481 e. The second-order valence-corrected chi connectivity index (χ2v) is 9.73. The van der Waals surface area contributed by atoms with Crippen LogP contribution >= 0.6 is 0 Å². The highest BCUT2D eigenvalue weighted by Crippen LogP contribution is 2.20. The molecule has 0 saturated heterocycles. The Morgan fingerprint density at radius 2 is 1.52 bits per heavy atom. The van der Waals surface area contributed by atoms with E-state index in [1.165, 1.54) is 5.56 Å². The van der Waals surface area contributed by atoms with Crippen LogP contribution in [0.1, 0.15) is 61.3 Å². The molecule has 0 heterocycles. The van der Waals surface area contributed by atoms with Gasteiger partial charge in [0.15, 0.2) is 0 Å². The van der Waals surface area contributed by atoms with Crippen LogP contribution in [0, 0.1) is 0 Å². The second kappa shape index (κ2) is 13.2. The van der Waals surface area contributed by atoms with Crippen LogP contribution in [0.4, 0.5) is 0 Å². The molecule has 0 aliphatic heterocycles. The molecule has 0 aliphatic rings. The molecular formula is C24H33NO5S. The normalized spacial score (nSPS) is 12.5. The van der Waals surface area contributed by atoms with Gasteiger partial charge in [-0.1, -0.05) is 67.4 Å². The van der Waals surface area contributed by atoms with Crippen molar-refractivity contribution >= 4 is 16.0 Å². The molecule has 31 heavy (non-hydrogen) atoms. The Labute approximate surface area is 185 Å². The Bertz CT molecular complexity index is 882. The van der Waals surface area contributed by atoms with Crippen molar-refractivity contribution in [3.8, 4) is 0 Å². The van der Waals surface area contributed by atoms with Gasteiger partial charge in [0, 0.05) is 13.0 Å². The highest BCUT2D eigenvalue weighted by Gasteiger charge is 2.11. The standard InChI is InChI=1S/C24H33NO5S/c26-23(16-13-20-8-4-3-5-9-20)22-14-11-21(12-15-22)17-19-31(29,30)25-18-7-2-1-6-10-24(27)28/h3-5,8-9,11-12,14-15,23,25-26H,1-2,6-7,10,13,16-19H2,(H,27,28). The van der Waals surface area contributed by atoms with Crippen LogP contribution in [0.3, 0.4) is 0 Å². The van der Waals surface area contributed by atoms with Gasteiger partial charge < -0.3 is 10.2 Å². The number of hydrogen-bond acceptors (Lipinski definition) is 4. The van der Waals surface area contributed by atoms with Crippen molar-refractivity contribution in [2.45, 2.75) is 57.5 Å². The average molecular weight is 448 g/mol. The zero-order valence-corrected chi connectivity index (χ0v) is 18.7. The SMILES string of the molecule is O=C(O)CCCCCCNS(=O)(=O)CCc1ccc(C(O)CCc2ccccc2)cc1. The van der Waals surface area contributed by atoms with E-state index in [1.807, 2.05) is 54.6 Å². The molecule has 2 aromatic carbocycles. The number of sulfonamides is 1. The summed E-state index contributed by atoms with van der Waals surface area (Å²) in [5, 5.41) is 19.0. The van der Waals surface area contributed by atoms with E-state index >= 15 is 0 Å². The van der Waals surface area contributed by atoms with Crippen LogP contribution in [-0.4, -0.2) is 36.9 Å². The van der Waals surface area contributed by atoms with Gasteiger partial charge in [-0.25, -0.2) is 13.1 Å². The number of benzene rings is 2. The fourth-order valence-electron chi connectivity index (χ4n) is 3.33. The Balaban J connectivity index is 1.67. The van der Waals surface area contributed by atoms with Crippen LogP contribution < -0.4 is 4.72 Å². The predicted molar refractivity (Wildman–Crippen MR) is 122 cm³/mol. The maximum Gasteiger partial charge on any atom is 0.303 e. The predicted octanol–water partition coefficient (Wildman–Crippen LogP) is 3.85. The smallest absolute Gasteiger partial charge is 0.303 e. The Kier molecular flexibility index (Phi) is 10.7. The van der Waals surface area contributed by atoms with Gasteiger partial charge in [-0.3, -0.25) is 4.79 Å². The van der Waals surface area contributed by atoms with E-state index in [4.69, 9.17) is 5.11 Å². The zero-order chi connectivity index (χ0) is 22.5. The number of carboxylic acid groups (broad SMARTS) is 1. The van der Waals surface area contributed by atoms with E-state index in [-0.39, 0.29) is 12.2 Å². The first-order valence-electron chi connectivity index (χ1n) is 10.9. The Morgan fingerprint density at radius 3 is 2.19 bits per heavy atom. The van der Waals surface area contributed by atoms with Crippen molar-refractivity contribution in [3.63, 3.8) is 0 Å². The summed E-state index contributed by atoms with van der Waals surface area (Å²) in [7, 11) is -3.35. The number of aryl methyl sites for hydroxylation is 2. The first-order valence-corrected chi connectivity index (χ1v) is 12.5. The zero-order valence-electron chi connectivity index (χ0n) is 17.9. The lowest BCUT2D eigenvalue weighted by atomic mass is 10.00. The summed E-state index contributed by atoms with van der Waals surface area (Å²) in [4.78, 5) is 10.4. The van der Waals surface area contributed by atoms with Gasteiger partial charge in [-0.2, -0.15) is 0 Å². The van der Waals surface area contributed by atoms with E-state index < -0.39 is 22.1 Å². The molecule has 0 fully saturated rings. The summed E-state index contributed by atoms with van der Waals surface area (Å²) in [6.07, 6.45) is 4.39. The van der Waals surface area contributed by atoms with Crippen LogP contribution in [0.5, 0.6) is 0 Å². The number of carboxylic acids is 1. The summed E-state index contributed by atoms with van der Waals surface area (Å²) in [6, 6.07) is 17.5. The fraction of sp³-hybridized carbons (Fsp3) is 0.458. The molecule has 0 aromatic heterocycles. The van der Waals surface area contributed by atoms with Crippen molar-refractivity contribution in [3.05, 3.63) is 71.3 Å². The second-order valence-electron chi connectivity index (χ2n) is 7.80. The van der Waals surface area contributed by atoms with E-state index in [2.05, 4.69) is 4.72 Å². The van der Waals surface area contributed by atoms with Gasteiger partial charge in [0.1, 0.15) is 0 Å². The van der Waals surface area contributed by atoms with Gasteiger partial charge >= 0.3 is 5.97 Å². The van der Waals surface area contributed by atoms with Crippen molar-refractivity contribution in [2.75, 3.05) is 12.3 Å². The first kappa shape index (κ1) is 25.0. The molecule has 0 spiro atoms. The van der Waals surface area contributed by atoms with Crippen molar-refractivity contribution in [1.29, 1.82) is 0 Å². The number of carbonyl (C=O) groups is 1. The number of hydrogen-bond donors (Lipinski definition) is 3. The summed E-state index contributed by atoms with van der Waals surface area (Å²) in [5.74, 6) is -0.780. The lowest BCUT2D eigenvalue weighted by Gasteiger charge is -2.12. The van der Waals surface area contributed by atoms with Crippen LogP contribution in [-0.2, 0) is 27.7 Å². The maximum atomic E-state index is 12.1. The van der Waals surface area contributed by atoms with Gasteiger partial charge in [0.2, 0.25) is 10.0 Å². The average Bonchev–Trinajstić information content (AvgIpc) is 2.76. The lowest BCUT2D eigenvalue weighted by molar-refractivity contribution is -0.137. The molecule has 2 rings (SSSR count). The van der Waals surface area contributed by atoms with Crippen molar-refractivity contribution < 1.29 is 23.4 Å². The van der Waals surface area contributed by atoms with E-state index in [1.54, 1.807) is 0 Å². The molecule has 1 unspecified atom stereocenters. The molecule has 3 N–H and O–H groups in total. The molecule has 0 aliphatic carbocycles. The van der Waals surface area contributed by atoms with Gasteiger partial charge in [-0.15, -0.1) is 0 Å². The third kappa shape index (κ3) is 10.6. The summed E-state index contributed by atoms with van der Waals surface area (Å²) in [6.45, 7) is 0.377. The molecular weight excluding hydrogens is 414 g/mol. The van der Waals surface area contributed by atoms with Crippen LogP contribution in [0.15, 0.2) is 54.6 Å². The highest BCUT2D eigenvalue weighted by molar-refractivity contribution is 7.89. The third-order valence-electron chi connectivity index (χ3n) is 5.21. The Morgan fingerprint density at radius 1 is 0.871 bits per heavy atom. The molecule has 7 heteroatoms.